The van der Waals surface area contributed by atoms with Crippen LogP contribution in [0.2, 0.25) is 0 Å². The first kappa shape index (κ1) is 19.1. The van der Waals surface area contributed by atoms with Crippen LogP contribution in [0.4, 0.5) is 4.39 Å². The lowest BCUT2D eigenvalue weighted by Crippen LogP contribution is -2.33. The molecule has 4 rings (SSSR count). The number of hydrogen-bond acceptors (Lipinski definition) is 4. The first-order valence-corrected chi connectivity index (χ1v) is 10.1. The average molecular weight is 407 g/mol. The van der Waals surface area contributed by atoms with E-state index in [1.807, 2.05) is 30.3 Å². The van der Waals surface area contributed by atoms with Crippen molar-refractivity contribution in [2.75, 3.05) is 6.54 Å². The molecule has 0 fully saturated rings. The number of carbonyl (C=O) groups is 2. The van der Waals surface area contributed by atoms with Gasteiger partial charge in [0, 0.05) is 12.1 Å². The van der Waals surface area contributed by atoms with Crippen LogP contribution in [0.1, 0.15) is 26.8 Å². The highest BCUT2D eigenvalue weighted by atomic mass is 32.1. The molecule has 0 aliphatic carbocycles. The summed E-state index contributed by atoms with van der Waals surface area (Å²) in [7, 11) is 0. The standard InChI is InChI=1S/C23H18FNO3S/c24-17-10-5-4-9-16(17)20-19(21(26)18-11-6-14-29-18)22(27)23(28)25(20)13-12-15-7-2-1-3-8-15/h1-11,14,20,27H,12-13H2. The third kappa shape index (κ3) is 3.59. The van der Waals surface area contributed by atoms with Crippen LogP contribution in [-0.4, -0.2) is 28.2 Å². The number of thiophene rings is 1. The van der Waals surface area contributed by atoms with Crippen molar-refractivity contribution < 1.29 is 19.1 Å². The predicted molar refractivity (Wildman–Crippen MR) is 109 cm³/mol. The SMILES string of the molecule is O=C(C1=C(O)C(=O)N(CCc2ccccc2)C1c1ccccc1F)c1cccs1. The summed E-state index contributed by atoms with van der Waals surface area (Å²) >= 11 is 1.22. The van der Waals surface area contributed by atoms with Crippen molar-refractivity contribution in [3.63, 3.8) is 0 Å². The summed E-state index contributed by atoms with van der Waals surface area (Å²) in [5, 5.41) is 12.3. The first-order valence-electron chi connectivity index (χ1n) is 9.18. The minimum Gasteiger partial charge on any atom is -0.503 e. The summed E-state index contributed by atoms with van der Waals surface area (Å²) in [5.74, 6) is -2.25. The Hall–Kier alpha value is -3.25. The van der Waals surface area contributed by atoms with Gasteiger partial charge in [-0.1, -0.05) is 54.6 Å². The van der Waals surface area contributed by atoms with E-state index in [0.717, 1.165) is 5.56 Å². The van der Waals surface area contributed by atoms with E-state index in [0.29, 0.717) is 11.3 Å². The zero-order valence-electron chi connectivity index (χ0n) is 15.4. The lowest BCUT2D eigenvalue weighted by atomic mass is 9.95. The highest BCUT2D eigenvalue weighted by Gasteiger charge is 2.44. The number of aliphatic hydroxyl groups excluding tert-OH is 1. The highest BCUT2D eigenvalue weighted by Crippen LogP contribution is 2.40. The lowest BCUT2D eigenvalue weighted by molar-refractivity contribution is -0.129. The van der Waals surface area contributed by atoms with Crippen LogP contribution in [0.5, 0.6) is 0 Å². The minimum atomic E-state index is -0.970. The van der Waals surface area contributed by atoms with E-state index in [1.54, 1.807) is 35.7 Å². The van der Waals surface area contributed by atoms with Crippen molar-refractivity contribution >= 4 is 23.0 Å². The molecule has 6 heteroatoms. The van der Waals surface area contributed by atoms with Gasteiger partial charge in [0.2, 0.25) is 5.78 Å². The molecule has 0 spiro atoms. The molecular weight excluding hydrogens is 389 g/mol. The lowest BCUT2D eigenvalue weighted by Gasteiger charge is -2.27. The Morgan fingerprint density at radius 3 is 2.45 bits per heavy atom. The largest absolute Gasteiger partial charge is 0.503 e. The second-order valence-electron chi connectivity index (χ2n) is 6.73. The van der Waals surface area contributed by atoms with E-state index in [4.69, 9.17) is 0 Å². The van der Waals surface area contributed by atoms with Gasteiger partial charge in [0.05, 0.1) is 16.5 Å². The van der Waals surface area contributed by atoms with Crippen molar-refractivity contribution in [3.8, 4) is 0 Å². The van der Waals surface area contributed by atoms with E-state index >= 15 is 0 Å². The molecule has 0 radical (unpaired) electrons. The number of amides is 1. The fraction of sp³-hybridized carbons (Fsp3) is 0.130. The number of benzene rings is 2. The molecule has 0 bridgehead atoms. The van der Waals surface area contributed by atoms with Crippen molar-refractivity contribution in [1.29, 1.82) is 0 Å². The molecule has 1 aliphatic heterocycles. The van der Waals surface area contributed by atoms with Crippen molar-refractivity contribution in [3.05, 3.63) is 105 Å². The predicted octanol–water partition coefficient (Wildman–Crippen LogP) is 4.71. The summed E-state index contributed by atoms with van der Waals surface area (Å²) in [5.41, 5.74) is 1.12. The van der Waals surface area contributed by atoms with Crippen LogP contribution >= 0.6 is 11.3 Å². The topological polar surface area (TPSA) is 57.6 Å². The summed E-state index contributed by atoms with van der Waals surface area (Å²) in [6, 6.07) is 18.0. The number of aliphatic hydroxyl groups is 1. The number of hydrogen-bond donors (Lipinski definition) is 1. The number of carbonyl (C=O) groups excluding carboxylic acids is 2. The monoisotopic (exact) mass is 407 g/mol. The molecular formula is C23H18FNO3S. The van der Waals surface area contributed by atoms with Gasteiger partial charge in [-0.05, 0) is 29.5 Å². The molecule has 29 heavy (non-hydrogen) atoms. The fourth-order valence-electron chi connectivity index (χ4n) is 3.57. The second-order valence-corrected chi connectivity index (χ2v) is 7.67. The molecule has 4 nitrogen and oxygen atoms in total. The van der Waals surface area contributed by atoms with Gasteiger partial charge in [-0.2, -0.15) is 0 Å². The molecule has 1 N–H and O–H groups in total. The Morgan fingerprint density at radius 1 is 1.03 bits per heavy atom. The normalized spacial score (nSPS) is 16.5. The van der Waals surface area contributed by atoms with Crippen LogP contribution in [0, 0.1) is 5.82 Å². The third-order valence-corrected chi connectivity index (χ3v) is 5.85. The van der Waals surface area contributed by atoms with Crippen molar-refractivity contribution in [2.24, 2.45) is 0 Å². The zero-order chi connectivity index (χ0) is 20.4. The van der Waals surface area contributed by atoms with Crippen LogP contribution in [0.15, 0.2) is 83.4 Å². The maximum Gasteiger partial charge on any atom is 0.290 e. The maximum absolute atomic E-state index is 14.7. The number of ketones is 1. The molecule has 0 saturated carbocycles. The highest BCUT2D eigenvalue weighted by molar-refractivity contribution is 7.12. The van der Waals surface area contributed by atoms with Crippen LogP contribution in [0.25, 0.3) is 0 Å². The Bertz CT molecular complexity index is 1080. The van der Waals surface area contributed by atoms with Gasteiger partial charge in [0.15, 0.2) is 5.76 Å². The second kappa shape index (κ2) is 8.01. The fourth-order valence-corrected chi connectivity index (χ4v) is 4.25. The van der Waals surface area contributed by atoms with Crippen LogP contribution in [-0.2, 0) is 11.2 Å². The summed E-state index contributed by atoms with van der Waals surface area (Å²) in [6.45, 7) is 0.243. The maximum atomic E-state index is 14.7. The minimum absolute atomic E-state index is 0.0735. The number of nitrogens with zero attached hydrogens (tertiary/aromatic N) is 1. The Morgan fingerprint density at radius 2 is 1.76 bits per heavy atom. The smallest absolute Gasteiger partial charge is 0.290 e. The number of rotatable bonds is 6. The van der Waals surface area contributed by atoms with E-state index < -0.39 is 29.3 Å². The van der Waals surface area contributed by atoms with E-state index in [2.05, 4.69) is 0 Å². The van der Waals surface area contributed by atoms with Gasteiger partial charge in [-0.25, -0.2) is 4.39 Å². The van der Waals surface area contributed by atoms with Gasteiger partial charge >= 0.3 is 0 Å². The first-order chi connectivity index (χ1) is 14.1. The molecule has 1 unspecified atom stereocenters. The summed E-state index contributed by atoms with van der Waals surface area (Å²) in [6.07, 6.45) is 0.519. The molecule has 146 valence electrons. The number of Topliss-reactive ketones (excluding diaryl/α,β-unsaturated/α-hetero) is 1. The summed E-state index contributed by atoms with van der Waals surface area (Å²) in [4.78, 5) is 27.7. The van der Waals surface area contributed by atoms with E-state index in [1.165, 1.54) is 22.3 Å². The van der Waals surface area contributed by atoms with Gasteiger partial charge in [-0.15, -0.1) is 11.3 Å². The Balaban J connectivity index is 1.74. The molecule has 3 aromatic rings. The number of halogens is 1. The molecule has 0 saturated heterocycles. The van der Waals surface area contributed by atoms with Crippen molar-refractivity contribution in [2.45, 2.75) is 12.5 Å². The quantitative estimate of drug-likeness (QED) is 0.602. The van der Waals surface area contributed by atoms with Crippen LogP contribution in [0.3, 0.4) is 0 Å². The summed E-state index contributed by atoms with van der Waals surface area (Å²) < 4.78 is 14.7. The molecule has 1 aromatic heterocycles. The van der Waals surface area contributed by atoms with Crippen LogP contribution < -0.4 is 0 Å². The molecule has 2 heterocycles. The molecule has 2 aromatic carbocycles. The average Bonchev–Trinajstić information content (AvgIpc) is 3.35. The molecule has 1 amide bonds. The molecule has 1 aliphatic rings. The van der Waals surface area contributed by atoms with Crippen molar-refractivity contribution in [1.82, 2.24) is 4.90 Å². The Kier molecular flexibility index (Phi) is 5.27. The van der Waals surface area contributed by atoms with E-state index in [9.17, 15) is 19.1 Å². The van der Waals surface area contributed by atoms with Gasteiger partial charge in [0.1, 0.15) is 5.82 Å². The third-order valence-electron chi connectivity index (χ3n) is 4.98. The van der Waals surface area contributed by atoms with Gasteiger partial charge in [0.25, 0.3) is 5.91 Å². The Labute approximate surface area is 171 Å². The van der Waals surface area contributed by atoms with Gasteiger partial charge in [-0.3, -0.25) is 9.59 Å². The van der Waals surface area contributed by atoms with E-state index in [-0.39, 0.29) is 17.7 Å². The molecule has 1 atom stereocenters. The zero-order valence-corrected chi connectivity index (χ0v) is 16.2. The van der Waals surface area contributed by atoms with Gasteiger partial charge < -0.3 is 10.0 Å².